The molecule has 168 valence electrons. The number of carbonyl (C=O) groups is 2. The second-order valence-electron chi connectivity index (χ2n) is 7.71. The zero-order chi connectivity index (χ0) is 23.5. The fourth-order valence-electron chi connectivity index (χ4n) is 3.90. The van der Waals surface area contributed by atoms with E-state index in [0.717, 1.165) is 5.56 Å². The predicted octanol–water partition coefficient (Wildman–Crippen LogP) is 3.84. The summed E-state index contributed by atoms with van der Waals surface area (Å²) in [6.45, 7) is 1.80. The van der Waals surface area contributed by atoms with E-state index >= 15 is 0 Å². The third kappa shape index (κ3) is 4.18. The third-order valence-electron chi connectivity index (χ3n) is 5.50. The Morgan fingerprint density at radius 3 is 2.44 bits per heavy atom. The van der Waals surface area contributed by atoms with Crippen LogP contribution in [0.5, 0.6) is 5.75 Å². The number of anilines is 1. The minimum absolute atomic E-state index is 0.259. The number of pyridine rings is 1. The Labute approximate surface area is 195 Å². The molecule has 2 unspecified atom stereocenters. The number of ether oxygens (including phenoxy) is 1. The Balaban J connectivity index is 1.43. The maximum Gasteiger partial charge on any atom is 0.343 e. The normalized spacial score (nSPS) is 16.8. The highest BCUT2D eigenvalue weighted by atomic mass is 16.5. The number of hydrogen-bond acceptors (Lipinski definition) is 7. The molecule has 2 aromatic heterocycles. The van der Waals surface area contributed by atoms with Crippen LogP contribution < -0.4 is 10.1 Å². The first-order chi connectivity index (χ1) is 16.6. The van der Waals surface area contributed by atoms with Crippen LogP contribution in [0.1, 0.15) is 28.9 Å². The number of nitrogens with one attached hydrogen (secondary N) is 1. The van der Waals surface area contributed by atoms with Gasteiger partial charge in [-0.25, -0.2) is 19.5 Å². The molecule has 3 heterocycles. The van der Waals surface area contributed by atoms with Gasteiger partial charge in [-0.3, -0.25) is 4.79 Å². The van der Waals surface area contributed by atoms with Crippen LogP contribution in [0.15, 0.2) is 90.3 Å². The number of carbonyl (C=O) groups excluding carboxylic acids is 2. The van der Waals surface area contributed by atoms with Gasteiger partial charge in [0.1, 0.15) is 23.8 Å². The highest BCUT2D eigenvalue weighted by Crippen LogP contribution is 2.36. The first-order valence-electron chi connectivity index (χ1n) is 10.6. The average molecular weight is 452 g/mol. The van der Waals surface area contributed by atoms with Crippen LogP contribution in [0.2, 0.25) is 0 Å². The van der Waals surface area contributed by atoms with Gasteiger partial charge in [0.15, 0.2) is 0 Å². The Morgan fingerprint density at radius 2 is 1.71 bits per heavy atom. The van der Waals surface area contributed by atoms with Gasteiger partial charge in [0.05, 0.1) is 11.6 Å². The van der Waals surface area contributed by atoms with Crippen molar-refractivity contribution in [2.45, 2.75) is 13.0 Å². The third-order valence-corrected chi connectivity index (χ3v) is 5.50. The zero-order valence-corrected chi connectivity index (χ0v) is 18.2. The van der Waals surface area contributed by atoms with E-state index in [4.69, 9.17) is 4.74 Å². The summed E-state index contributed by atoms with van der Waals surface area (Å²) < 4.78 is 7.11. The monoisotopic (exact) mass is 452 g/mol. The first-order valence-corrected chi connectivity index (χ1v) is 10.6. The summed E-state index contributed by atoms with van der Waals surface area (Å²) in [5, 5.41) is 7.18. The van der Waals surface area contributed by atoms with Gasteiger partial charge < -0.3 is 10.1 Å². The van der Waals surface area contributed by atoms with E-state index in [9.17, 15) is 9.59 Å². The quantitative estimate of drug-likeness (QED) is 0.364. The van der Waals surface area contributed by atoms with Crippen LogP contribution in [0.3, 0.4) is 0 Å². The van der Waals surface area contributed by atoms with Gasteiger partial charge in [-0.15, -0.1) is 0 Å². The topological polar surface area (TPSA) is 111 Å². The van der Waals surface area contributed by atoms with E-state index in [-0.39, 0.29) is 5.91 Å². The van der Waals surface area contributed by atoms with Gasteiger partial charge >= 0.3 is 5.97 Å². The predicted molar refractivity (Wildman–Crippen MR) is 125 cm³/mol. The van der Waals surface area contributed by atoms with Crippen LogP contribution >= 0.6 is 0 Å². The van der Waals surface area contributed by atoms with Crippen molar-refractivity contribution in [3.05, 3.63) is 96.4 Å². The molecule has 0 aliphatic carbocycles. The lowest BCUT2D eigenvalue weighted by molar-refractivity contribution is -0.118. The standard InChI is InChI=1S/C25H20N6O3/c1-16-21(23(32)30-20-9-5-6-14-26-20)22(31-25(29-16)27-15-28-31)17-10-12-19(13-11-17)34-24(33)18-7-3-2-4-8-18/h2-15,21-22H,1H3,(H,26,30,32). The number of aromatic nitrogens is 4. The molecular formula is C25H20N6O3. The molecule has 0 fully saturated rings. The highest BCUT2D eigenvalue weighted by Gasteiger charge is 2.38. The van der Waals surface area contributed by atoms with Gasteiger partial charge in [0.2, 0.25) is 11.9 Å². The molecule has 9 nitrogen and oxygen atoms in total. The smallest absolute Gasteiger partial charge is 0.343 e. The van der Waals surface area contributed by atoms with Crippen molar-refractivity contribution >= 4 is 29.4 Å². The molecule has 1 aliphatic heterocycles. The highest BCUT2D eigenvalue weighted by molar-refractivity contribution is 6.10. The van der Waals surface area contributed by atoms with Crippen molar-refractivity contribution in [1.29, 1.82) is 0 Å². The van der Waals surface area contributed by atoms with E-state index in [1.165, 1.54) is 6.33 Å². The fourth-order valence-corrected chi connectivity index (χ4v) is 3.90. The number of rotatable bonds is 5. The molecule has 4 aromatic rings. The summed E-state index contributed by atoms with van der Waals surface area (Å²) in [6.07, 6.45) is 3.02. The van der Waals surface area contributed by atoms with Gasteiger partial charge in [-0.2, -0.15) is 10.1 Å². The molecule has 34 heavy (non-hydrogen) atoms. The Hall–Kier alpha value is -4.66. The summed E-state index contributed by atoms with van der Waals surface area (Å²) in [7, 11) is 0. The van der Waals surface area contributed by atoms with Gasteiger partial charge in [0.25, 0.3) is 0 Å². The molecular weight excluding hydrogens is 432 g/mol. The SMILES string of the molecule is CC1=Nc2ncnn2C(c2ccc(OC(=O)c3ccccc3)cc2)C1C(=O)Nc1ccccn1. The Kier molecular flexibility index (Phi) is 5.65. The molecule has 1 aliphatic rings. The van der Waals surface area contributed by atoms with Crippen molar-refractivity contribution in [1.82, 2.24) is 19.7 Å². The van der Waals surface area contributed by atoms with Crippen LogP contribution in [-0.2, 0) is 4.79 Å². The maximum atomic E-state index is 13.3. The largest absolute Gasteiger partial charge is 0.423 e. The molecule has 0 spiro atoms. The van der Waals surface area contributed by atoms with Crippen molar-refractivity contribution in [2.75, 3.05) is 5.32 Å². The number of esters is 1. The Bertz CT molecular complexity index is 1350. The van der Waals surface area contributed by atoms with E-state index in [1.807, 2.05) is 18.2 Å². The molecule has 2 atom stereocenters. The number of aliphatic imine (C=N–C) groups is 1. The number of fused-ring (bicyclic) bond motifs is 1. The molecule has 0 radical (unpaired) electrons. The molecule has 2 aromatic carbocycles. The second-order valence-corrected chi connectivity index (χ2v) is 7.71. The van der Waals surface area contributed by atoms with Crippen LogP contribution in [0.25, 0.3) is 0 Å². The summed E-state index contributed by atoms with van der Waals surface area (Å²) in [4.78, 5) is 38.5. The molecule has 1 amide bonds. The van der Waals surface area contributed by atoms with Gasteiger partial charge in [-0.1, -0.05) is 36.4 Å². The summed E-state index contributed by atoms with van der Waals surface area (Å²) in [5.41, 5.74) is 1.87. The molecule has 9 heteroatoms. The molecule has 0 saturated carbocycles. The first kappa shape index (κ1) is 21.2. The van der Waals surface area contributed by atoms with Crippen LogP contribution in [0, 0.1) is 5.92 Å². The van der Waals surface area contributed by atoms with Gasteiger partial charge in [-0.05, 0) is 48.9 Å². The van der Waals surface area contributed by atoms with Crippen LogP contribution in [0.4, 0.5) is 11.8 Å². The molecule has 0 bridgehead atoms. The summed E-state index contributed by atoms with van der Waals surface area (Å²) in [5.74, 6) is -0.0811. The minimum atomic E-state index is -0.645. The maximum absolute atomic E-state index is 13.3. The van der Waals surface area contributed by atoms with E-state index < -0.39 is 17.9 Å². The van der Waals surface area contributed by atoms with Crippen molar-refractivity contribution < 1.29 is 14.3 Å². The minimum Gasteiger partial charge on any atom is -0.423 e. The average Bonchev–Trinajstić information content (AvgIpc) is 3.33. The van der Waals surface area contributed by atoms with Crippen molar-refractivity contribution in [3.63, 3.8) is 0 Å². The van der Waals surface area contributed by atoms with Gasteiger partial charge in [0, 0.05) is 11.9 Å². The lowest BCUT2D eigenvalue weighted by Crippen LogP contribution is -2.39. The fraction of sp³-hybridized carbons (Fsp3) is 0.120. The second kappa shape index (κ2) is 9.07. The van der Waals surface area contributed by atoms with Crippen LogP contribution in [-0.4, -0.2) is 37.3 Å². The molecule has 0 saturated heterocycles. The molecule has 5 rings (SSSR count). The zero-order valence-electron chi connectivity index (χ0n) is 18.2. The Morgan fingerprint density at radius 1 is 0.941 bits per heavy atom. The number of nitrogens with zero attached hydrogens (tertiary/aromatic N) is 5. The van der Waals surface area contributed by atoms with E-state index in [1.54, 1.807) is 72.4 Å². The lowest BCUT2D eigenvalue weighted by Gasteiger charge is -2.30. The number of amides is 1. The summed E-state index contributed by atoms with van der Waals surface area (Å²) >= 11 is 0. The lowest BCUT2D eigenvalue weighted by atomic mass is 9.87. The van der Waals surface area contributed by atoms with Crippen molar-refractivity contribution in [3.8, 4) is 5.75 Å². The summed E-state index contributed by atoms with van der Waals surface area (Å²) in [6, 6.07) is 20.6. The van der Waals surface area contributed by atoms with E-state index in [2.05, 4.69) is 25.4 Å². The van der Waals surface area contributed by atoms with Crippen molar-refractivity contribution in [2.24, 2.45) is 10.9 Å². The van der Waals surface area contributed by atoms with E-state index in [0.29, 0.717) is 28.8 Å². The number of benzene rings is 2. The molecule has 1 N–H and O–H groups in total. The number of hydrogen-bond donors (Lipinski definition) is 1.